The summed E-state index contributed by atoms with van der Waals surface area (Å²) >= 11 is 0. The Morgan fingerprint density at radius 3 is 2.55 bits per heavy atom. The number of aromatic nitrogens is 6. The summed E-state index contributed by atoms with van der Waals surface area (Å²) in [6, 6.07) is 3.85. The van der Waals surface area contributed by atoms with Crippen LogP contribution in [0.5, 0.6) is 0 Å². The highest BCUT2D eigenvalue weighted by Gasteiger charge is 2.08. The van der Waals surface area contributed by atoms with Crippen LogP contribution in [0.1, 0.15) is 37.0 Å². The third kappa shape index (κ3) is 2.88. The van der Waals surface area contributed by atoms with Gasteiger partial charge in [-0.25, -0.2) is 15.0 Å². The largest absolute Gasteiger partial charge is 0.354 e. The molecule has 3 heterocycles. The van der Waals surface area contributed by atoms with Gasteiger partial charge < -0.3 is 4.90 Å². The van der Waals surface area contributed by atoms with Crippen molar-refractivity contribution in [2.45, 2.75) is 33.2 Å². The molecule has 0 N–H and O–H groups in total. The van der Waals surface area contributed by atoms with Gasteiger partial charge >= 0.3 is 0 Å². The van der Waals surface area contributed by atoms with E-state index in [9.17, 15) is 0 Å². The predicted molar refractivity (Wildman–Crippen MR) is 83.7 cm³/mol. The summed E-state index contributed by atoms with van der Waals surface area (Å²) in [5.74, 6) is 2.74. The average molecular weight is 297 g/mol. The Kier molecular flexibility index (Phi) is 3.70. The molecule has 3 aromatic rings. The van der Waals surface area contributed by atoms with Gasteiger partial charge in [0.05, 0.1) is 0 Å². The van der Waals surface area contributed by atoms with Crippen molar-refractivity contribution >= 4 is 11.5 Å². The maximum absolute atomic E-state index is 4.47. The fraction of sp³-hybridized carbons (Fsp3) is 0.400. The van der Waals surface area contributed by atoms with Crippen LogP contribution in [0.4, 0.5) is 5.82 Å². The van der Waals surface area contributed by atoms with Crippen LogP contribution in [0.3, 0.4) is 0 Å². The van der Waals surface area contributed by atoms with Gasteiger partial charge in [-0.2, -0.15) is 0 Å². The third-order valence-corrected chi connectivity index (χ3v) is 3.35. The van der Waals surface area contributed by atoms with Crippen LogP contribution >= 0.6 is 0 Å². The van der Waals surface area contributed by atoms with E-state index >= 15 is 0 Å². The topological polar surface area (TPSA) is 72.1 Å². The molecule has 0 aromatic carbocycles. The Hall–Kier alpha value is -2.57. The molecule has 0 aliphatic heterocycles. The van der Waals surface area contributed by atoms with Gasteiger partial charge in [-0.05, 0) is 19.1 Å². The van der Waals surface area contributed by atoms with Crippen molar-refractivity contribution in [2.24, 2.45) is 0 Å². The second-order valence-electron chi connectivity index (χ2n) is 5.66. The zero-order valence-electron chi connectivity index (χ0n) is 13.2. The van der Waals surface area contributed by atoms with Crippen LogP contribution in [0.15, 0.2) is 24.5 Å². The van der Waals surface area contributed by atoms with Gasteiger partial charge in [0, 0.05) is 37.5 Å². The van der Waals surface area contributed by atoms with Crippen LogP contribution < -0.4 is 4.90 Å². The molecule has 3 rings (SSSR count). The summed E-state index contributed by atoms with van der Waals surface area (Å²) in [4.78, 5) is 15.1. The third-order valence-electron chi connectivity index (χ3n) is 3.35. The molecule has 0 unspecified atom stereocenters. The Labute approximate surface area is 129 Å². The molecule has 0 atom stereocenters. The van der Waals surface area contributed by atoms with E-state index in [0.29, 0.717) is 18.3 Å². The summed E-state index contributed by atoms with van der Waals surface area (Å²) < 4.78 is 1.56. The van der Waals surface area contributed by atoms with E-state index in [1.807, 2.05) is 43.4 Å². The van der Waals surface area contributed by atoms with Gasteiger partial charge in [-0.1, -0.05) is 13.8 Å². The van der Waals surface area contributed by atoms with Gasteiger partial charge in [-0.15, -0.1) is 14.8 Å². The summed E-state index contributed by atoms with van der Waals surface area (Å²) in [7, 11) is 1.98. The summed E-state index contributed by atoms with van der Waals surface area (Å²) in [6.45, 7) is 6.71. The lowest BCUT2D eigenvalue weighted by Crippen LogP contribution is -2.19. The molecule has 0 aliphatic rings. The summed E-state index contributed by atoms with van der Waals surface area (Å²) in [5.41, 5.74) is 1.79. The number of aryl methyl sites for hydroxylation is 1. The van der Waals surface area contributed by atoms with Crippen LogP contribution in [0.2, 0.25) is 0 Å². The Balaban J connectivity index is 1.78. The van der Waals surface area contributed by atoms with E-state index in [0.717, 1.165) is 22.9 Å². The quantitative estimate of drug-likeness (QED) is 0.733. The molecule has 0 amide bonds. The minimum Gasteiger partial charge on any atom is -0.354 e. The van der Waals surface area contributed by atoms with Crippen molar-refractivity contribution in [1.29, 1.82) is 0 Å². The molecule has 22 heavy (non-hydrogen) atoms. The van der Waals surface area contributed by atoms with E-state index in [4.69, 9.17) is 0 Å². The first-order chi connectivity index (χ1) is 10.5. The maximum Gasteiger partial charge on any atom is 0.176 e. The number of fused-ring (bicyclic) bond motifs is 1. The number of rotatable bonds is 4. The Morgan fingerprint density at radius 2 is 1.86 bits per heavy atom. The molecule has 0 saturated carbocycles. The van der Waals surface area contributed by atoms with Gasteiger partial charge in [-0.3, -0.25) is 0 Å². The van der Waals surface area contributed by atoms with Crippen molar-refractivity contribution in [3.05, 3.63) is 41.7 Å². The number of nitrogens with zero attached hydrogens (tertiary/aromatic N) is 7. The Morgan fingerprint density at radius 1 is 1.14 bits per heavy atom. The average Bonchev–Trinajstić information content (AvgIpc) is 2.86. The van der Waals surface area contributed by atoms with Gasteiger partial charge in [0.25, 0.3) is 0 Å². The van der Waals surface area contributed by atoms with Crippen molar-refractivity contribution in [1.82, 2.24) is 29.8 Å². The van der Waals surface area contributed by atoms with E-state index in [-0.39, 0.29) is 0 Å². The van der Waals surface area contributed by atoms with Crippen molar-refractivity contribution in [3.63, 3.8) is 0 Å². The van der Waals surface area contributed by atoms with Gasteiger partial charge in [0.2, 0.25) is 0 Å². The highest BCUT2D eigenvalue weighted by atomic mass is 15.5. The molecular weight excluding hydrogens is 278 g/mol. The maximum atomic E-state index is 4.47. The normalized spacial score (nSPS) is 11.3. The second-order valence-corrected chi connectivity index (χ2v) is 5.66. The van der Waals surface area contributed by atoms with Crippen molar-refractivity contribution in [3.8, 4) is 0 Å². The lowest BCUT2D eigenvalue weighted by molar-refractivity contribution is 0.748. The SMILES string of the molecule is Cc1nc2ccc(N(C)Cc3cnc(C(C)C)nc3)nn2n1. The van der Waals surface area contributed by atoms with E-state index in [1.54, 1.807) is 4.63 Å². The lowest BCUT2D eigenvalue weighted by atomic mass is 10.2. The smallest absolute Gasteiger partial charge is 0.176 e. The van der Waals surface area contributed by atoms with Crippen molar-refractivity contribution in [2.75, 3.05) is 11.9 Å². The molecule has 7 heteroatoms. The molecule has 0 fully saturated rings. The number of hydrogen-bond donors (Lipinski definition) is 0. The van der Waals surface area contributed by atoms with E-state index in [1.165, 1.54) is 0 Å². The second kappa shape index (κ2) is 5.67. The minimum absolute atomic E-state index is 0.339. The van der Waals surface area contributed by atoms with E-state index < -0.39 is 0 Å². The fourth-order valence-corrected chi connectivity index (χ4v) is 2.18. The standard InChI is InChI=1S/C15H19N7/c1-10(2)15-16-7-12(8-17-15)9-21(4)14-6-5-13-18-11(3)19-22(13)20-14/h5-8,10H,9H2,1-4H3. The molecule has 0 aliphatic carbocycles. The van der Waals surface area contributed by atoms with Crippen LogP contribution in [0, 0.1) is 6.92 Å². The Bertz CT molecular complexity index is 776. The first-order valence-corrected chi connectivity index (χ1v) is 7.25. The lowest BCUT2D eigenvalue weighted by Gasteiger charge is -2.17. The van der Waals surface area contributed by atoms with Crippen LogP contribution in [-0.2, 0) is 6.54 Å². The molecule has 3 aromatic heterocycles. The molecular formula is C15H19N7. The zero-order valence-corrected chi connectivity index (χ0v) is 13.2. The monoisotopic (exact) mass is 297 g/mol. The first kappa shape index (κ1) is 14.4. The summed E-state index contributed by atoms with van der Waals surface area (Å²) in [5, 5.41) is 8.70. The molecule has 114 valence electrons. The highest BCUT2D eigenvalue weighted by molar-refractivity contribution is 5.45. The van der Waals surface area contributed by atoms with Crippen LogP contribution in [-0.4, -0.2) is 36.8 Å². The van der Waals surface area contributed by atoms with Gasteiger partial charge in [0.15, 0.2) is 11.5 Å². The molecule has 0 radical (unpaired) electrons. The first-order valence-electron chi connectivity index (χ1n) is 7.25. The van der Waals surface area contributed by atoms with E-state index in [2.05, 4.69) is 39.0 Å². The molecule has 7 nitrogen and oxygen atoms in total. The fourth-order valence-electron chi connectivity index (χ4n) is 2.18. The highest BCUT2D eigenvalue weighted by Crippen LogP contribution is 2.14. The minimum atomic E-state index is 0.339. The van der Waals surface area contributed by atoms with Gasteiger partial charge in [0.1, 0.15) is 11.6 Å². The number of hydrogen-bond acceptors (Lipinski definition) is 6. The van der Waals surface area contributed by atoms with Crippen LogP contribution in [0.25, 0.3) is 5.65 Å². The predicted octanol–water partition coefficient (Wildman–Crippen LogP) is 1.98. The summed E-state index contributed by atoms with van der Waals surface area (Å²) in [6.07, 6.45) is 3.74. The molecule has 0 bridgehead atoms. The molecule has 0 spiro atoms. The molecule has 0 saturated heterocycles. The zero-order chi connectivity index (χ0) is 15.7. The van der Waals surface area contributed by atoms with Crippen molar-refractivity contribution < 1.29 is 0 Å². The number of anilines is 1.